The molecule has 0 heterocycles. The Hall–Kier alpha value is -2.15. The fourth-order valence-corrected chi connectivity index (χ4v) is 1.76. The van der Waals surface area contributed by atoms with Gasteiger partial charge >= 0.3 is 0 Å². The van der Waals surface area contributed by atoms with Gasteiger partial charge in [0.15, 0.2) is 0 Å². The minimum Gasteiger partial charge on any atom is -0.394 e. The summed E-state index contributed by atoms with van der Waals surface area (Å²) in [5, 5.41) is 26.2. The zero-order valence-corrected chi connectivity index (χ0v) is 12.5. The fraction of sp³-hybridized carbons (Fsp3) is 0.500. The molecular weight excluding hydrogens is 274 g/mol. The van der Waals surface area contributed by atoms with Crippen molar-refractivity contribution in [3.05, 3.63) is 33.9 Å². The molecule has 3 N–H and O–H groups in total. The molecule has 0 saturated carbocycles. The van der Waals surface area contributed by atoms with Crippen LogP contribution in [0.3, 0.4) is 0 Å². The number of carbonyl (C=O) groups is 1. The number of nitrogens with one attached hydrogen (secondary N) is 2. The number of nitro benzene ring substituents is 1. The highest BCUT2D eigenvalue weighted by molar-refractivity contribution is 5.95. The van der Waals surface area contributed by atoms with Crippen LogP contribution in [0.5, 0.6) is 0 Å². The number of rotatable bonds is 7. The smallest absolute Gasteiger partial charge is 0.293 e. The number of benzene rings is 1. The number of hydrogen-bond donors (Lipinski definition) is 3. The Morgan fingerprint density at radius 1 is 1.43 bits per heavy atom. The molecule has 116 valence electrons. The largest absolute Gasteiger partial charge is 0.394 e. The van der Waals surface area contributed by atoms with Crippen molar-refractivity contribution in [1.29, 1.82) is 0 Å². The summed E-state index contributed by atoms with van der Waals surface area (Å²) >= 11 is 0. The van der Waals surface area contributed by atoms with E-state index in [2.05, 4.69) is 10.6 Å². The van der Waals surface area contributed by atoms with Crippen LogP contribution in [0.25, 0.3) is 0 Å². The van der Waals surface area contributed by atoms with Crippen molar-refractivity contribution in [1.82, 2.24) is 5.32 Å². The number of nitrogens with zero attached hydrogens (tertiary/aromatic N) is 1. The van der Waals surface area contributed by atoms with Gasteiger partial charge in [-0.1, -0.05) is 6.92 Å². The van der Waals surface area contributed by atoms with E-state index in [0.717, 1.165) is 0 Å². The minimum absolute atomic E-state index is 0.154. The van der Waals surface area contributed by atoms with Crippen molar-refractivity contribution in [2.24, 2.45) is 0 Å². The molecule has 0 saturated heterocycles. The lowest BCUT2D eigenvalue weighted by Crippen LogP contribution is -2.38. The average molecular weight is 295 g/mol. The third kappa shape index (κ3) is 4.16. The lowest BCUT2D eigenvalue weighted by molar-refractivity contribution is -0.384. The van der Waals surface area contributed by atoms with Crippen LogP contribution in [0, 0.1) is 10.1 Å². The quantitative estimate of drug-likeness (QED) is 0.526. The van der Waals surface area contributed by atoms with E-state index in [0.29, 0.717) is 13.0 Å². The summed E-state index contributed by atoms with van der Waals surface area (Å²) in [4.78, 5) is 22.4. The zero-order valence-electron chi connectivity index (χ0n) is 12.5. The Morgan fingerprint density at radius 3 is 2.57 bits per heavy atom. The lowest BCUT2D eigenvalue weighted by Gasteiger charge is -2.28. The van der Waals surface area contributed by atoms with E-state index in [4.69, 9.17) is 0 Å². The second-order valence-corrected chi connectivity index (χ2v) is 5.05. The molecule has 21 heavy (non-hydrogen) atoms. The van der Waals surface area contributed by atoms with E-state index in [1.54, 1.807) is 13.8 Å². The van der Waals surface area contributed by atoms with Crippen LogP contribution in [0.15, 0.2) is 18.2 Å². The van der Waals surface area contributed by atoms with Gasteiger partial charge in [0.05, 0.1) is 17.1 Å². The Balaban J connectivity index is 3.17. The summed E-state index contributed by atoms with van der Waals surface area (Å²) in [7, 11) is 0. The van der Waals surface area contributed by atoms with E-state index in [1.807, 2.05) is 6.92 Å². The average Bonchev–Trinajstić information content (AvgIpc) is 2.47. The van der Waals surface area contributed by atoms with Gasteiger partial charge in [0.25, 0.3) is 11.6 Å². The number of aliphatic hydroxyl groups excluding tert-OH is 1. The minimum atomic E-state index is -0.655. The van der Waals surface area contributed by atoms with E-state index in [-0.39, 0.29) is 29.5 Å². The number of amides is 1. The molecule has 0 aromatic heterocycles. The van der Waals surface area contributed by atoms with Gasteiger partial charge in [-0.2, -0.15) is 0 Å². The van der Waals surface area contributed by atoms with Gasteiger partial charge in [0, 0.05) is 18.2 Å². The number of nitro groups is 1. The van der Waals surface area contributed by atoms with Gasteiger partial charge in [-0.15, -0.1) is 0 Å². The van der Waals surface area contributed by atoms with Crippen LogP contribution in [0.4, 0.5) is 11.4 Å². The monoisotopic (exact) mass is 295 g/mol. The summed E-state index contributed by atoms with van der Waals surface area (Å²) in [6, 6.07) is 4.25. The number of hydrogen-bond acceptors (Lipinski definition) is 5. The van der Waals surface area contributed by atoms with Crippen LogP contribution < -0.4 is 10.6 Å². The Labute approximate surface area is 123 Å². The molecule has 0 aliphatic rings. The standard InChI is InChI=1S/C14H21N3O4/c1-4-14(3,9-18)16-11-7-6-10(13(19)15-5-2)8-12(11)17(20)21/h6-8,16,18H,4-5,9H2,1-3H3,(H,15,19). The molecule has 0 fully saturated rings. The lowest BCUT2D eigenvalue weighted by atomic mass is 9.99. The molecule has 1 rings (SSSR count). The van der Waals surface area contributed by atoms with Gasteiger partial charge < -0.3 is 15.7 Å². The number of anilines is 1. The summed E-state index contributed by atoms with van der Waals surface area (Å²) < 4.78 is 0. The van der Waals surface area contributed by atoms with Gasteiger partial charge in [0.2, 0.25) is 0 Å². The molecule has 1 aromatic carbocycles. The predicted octanol–water partition coefficient (Wildman–Crippen LogP) is 1.92. The molecule has 1 aromatic rings. The van der Waals surface area contributed by atoms with Crippen molar-refractivity contribution in [3.63, 3.8) is 0 Å². The van der Waals surface area contributed by atoms with Crippen molar-refractivity contribution in [2.75, 3.05) is 18.5 Å². The van der Waals surface area contributed by atoms with Gasteiger partial charge in [-0.05, 0) is 32.4 Å². The highest BCUT2D eigenvalue weighted by Gasteiger charge is 2.25. The molecule has 0 aliphatic carbocycles. The van der Waals surface area contributed by atoms with Crippen molar-refractivity contribution < 1.29 is 14.8 Å². The SMILES string of the molecule is CCNC(=O)c1ccc(NC(C)(CC)CO)c([N+](=O)[O-])c1. The molecule has 7 heteroatoms. The maximum atomic E-state index is 11.7. The summed E-state index contributed by atoms with van der Waals surface area (Å²) in [5.41, 5.74) is -0.326. The van der Waals surface area contributed by atoms with Crippen LogP contribution in [-0.2, 0) is 0 Å². The zero-order chi connectivity index (χ0) is 16.0. The van der Waals surface area contributed by atoms with E-state index < -0.39 is 10.5 Å². The van der Waals surface area contributed by atoms with Crippen molar-refractivity contribution >= 4 is 17.3 Å². The van der Waals surface area contributed by atoms with Gasteiger partial charge in [-0.25, -0.2) is 0 Å². The highest BCUT2D eigenvalue weighted by atomic mass is 16.6. The second kappa shape index (κ2) is 7.03. The maximum Gasteiger partial charge on any atom is 0.293 e. The molecule has 0 spiro atoms. The van der Waals surface area contributed by atoms with Crippen LogP contribution >= 0.6 is 0 Å². The van der Waals surface area contributed by atoms with E-state index >= 15 is 0 Å². The van der Waals surface area contributed by atoms with E-state index in [1.165, 1.54) is 18.2 Å². The first-order valence-corrected chi connectivity index (χ1v) is 6.82. The maximum absolute atomic E-state index is 11.7. The van der Waals surface area contributed by atoms with Gasteiger partial charge in [-0.3, -0.25) is 14.9 Å². The summed E-state index contributed by atoms with van der Waals surface area (Å²) in [5.74, 6) is -0.354. The van der Waals surface area contributed by atoms with Crippen LogP contribution in [0.1, 0.15) is 37.6 Å². The summed E-state index contributed by atoms with van der Waals surface area (Å²) in [6.07, 6.45) is 0.596. The number of carbonyl (C=O) groups excluding carboxylic acids is 1. The molecular formula is C14H21N3O4. The molecule has 1 atom stereocenters. The molecule has 7 nitrogen and oxygen atoms in total. The van der Waals surface area contributed by atoms with Crippen molar-refractivity contribution in [2.45, 2.75) is 32.7 Å². The molecule has 0 radical (unpaired) electrons. The molecule has 1 amide bonds. The topological polar surface area (TPSA) is 104 Å². The Morgan fingerprint density at radius 2 is 2.10 bits per heavy atom. The van der Waals surface area contributed by atoms with E-state index in [9.17, 15) is 20.0 Å². The van der Waals surface area contributed by atoms with Crippen LogP contribution in [0.2, 0.25) is 0 Å². The third-order valence-corrected chi connectivity index (χ3v) is 3.36. The third-order valence-electron chi connectivity index (χ3n) is 3.36. The first-order chi connectivity index (χ1) is 9.86. The molecule has 1 unspecified atom stereocenters. The fourth-order valence-electron chi connectivity index (χ4n) is 1.76. The normalized spacial score (nSPS) is 13.3. The Bertz CT molecular complexity index is 527. The summed E-state index contributed by atoms with van der Waals surface area (Å²) in [6.45, 7) is 5.71. The second-order valence-electron chi connectivity index (χ2n) is 5.05. The molecule has 0 aliphatic heterocycles. The number of aliphatic hydroxyl groups is 1. The first kappa shape index (κ1) is 16.9. The predicted molar refractivity (Wildman–Crippen MR) is 80.5 cm³/mol. The first-order valence-electron chi connectivity index (χ1n) is 6.82. The van der Waals surface area contributed by atoms with Gasteiger partial charge in [0.1, 0.15) is 5.69 Å². The Kier molecular flexibility index (Phi) is 5.66. The van der Waals surface area contributed by atoms with Crippen LogP contribution in [-0.4, -0.2) is 34.6 Å². The molecule has 0 bridgehead atoms. The van der Waals surface area contributed by atoms with Crippen molar-refractivity contribution in [3.8, 4) is 0 Å². The highest BCUT2D eigenvalue weighted by Crippen LogP contribution is 2.29.